The molecule has 23 heavy (non-hydrogen) atoms. The summed E-state index contributed by atoms with van der Waals surface area (Å²) in [4.78, 5) is 14.3. The minimum Gasteiger partial charge on any atom is -0.423 e. The van der Waals surface area contributed by atoms with Crippen molar-refractivity contribution in [2.45, 2.75) is 32.7 Å². The number of fused-ring (bicyclic) bond motifs is 1. The van der Waals surface area contributed by atoms with Gasteiger partial charge in [0.2, 0.25) is 0 Å². The van der Waals surface area contributed by atoms with E-state index in [1.165, 1.54) is 12.8 Å². The molecule has 0 spiro atoms. The molecule has 1 aliphatic rings. The van der Waals surface area contributed by atoms with Gasteiger partial charge in [0.25, 0.3) is 0 Å². The van der Waals surface area contributed by atoms with Crippen LogP contribution >= 0.6 is 12.4 Å². The third-order valence-electron chi connectivity index (χ3n) is 4.56. The summed E-state index contributed by atoms with van der Waals surface area (Å²) in [5, 5.41) is 1.05. The van der Waals surface area contributed by atoms with Gasteiger partial charge in [0.15, 0.2) is 0 Å². The van der Waals surface area contributed by atoms with Gasteiger partial charge in [-0.15, -0.1) is 12.4 Å². The van der Waals surface area contributed by atoms with Crippen LogP contribution in [-0.2, 0) is 6.54 Å². The summed E-state index contributed by atoms with van der Waals surface area (Å²) in [6.07, 6.45) is 3.57. The molecule has 1 saturated heterocycles. The maximum atomic E-state index is 11.8. The number of likely N-dealkylation sites (tertiary alicyclic amines) is 1. The third-order valence-corrected chi connectivity index (χ3v) is 4.56. The number of nitrogens with two attached hydrogens (primary N) is 1. The van der Waals surface area contributed by atoms with E-state index in [1.807, 2.05) is 13.0 Å². The van der Waals surface area contributed by atoms with E-state index in [9.17, 15) is 4.79 Å². The number of benzene rings is 1. The van der Waals surface area contributed by atoms with Crippen molar-refractivity contribution in [3.63, 3.8) is 0 Å². The second-order valence-electron chi connectivity index (χ2n) is 6.41. The van der Waals surface area contributed by atoms with Gasteiger partial charge in [0, 0.05) is 24.5 Å². The van der Waals surface area contributed by atoms with Gasteiger partial charge in [0.1, 0.15) is 5.58 Å². The molecule has 5 heteroatoms. The van der Waals surface area contributed by atoms with Crippen molar-refractivity contribution < 1.29 is 4.42 Å². The Morgan fingerprint density at radius 3 is 2.96 bits per heavy atom. The molecule has 0 saturated carbocycles. The monoisotopic (exact) mass is 336 g/mol. The maximum absolute atomic E-state index is 11.8. The van der Waals surface area contributed by atoms with Crippen LogP contribution in [0.2, 0.25) is 0 Å². The minimum atomic E-state index is -0.261. The van der Waals surface area contributed by atoms with Gasteiger partial charge in [-0.3, -0.25) is 4.90 Å². The van der Waals surface area contributed by atoms with Gasteiger partial charge in [-0.2, -0.15) is 0 Å². The lowest BCUT2D eigenvalue weighted by Crippen LogP contribution is -2.35. The molecule has 0 bridgehead atoms. The lowest BCUT2D eigenvalue weighted by molar-refractivity contribution is 0.163. The van der Waals surface area contributed by atoms with Crippen molar-refractivity contribution in [3.8, 4) is 0 Å². The summed E-state index contributed by atoms with van der Waals surface area (Å²) < 4.78 is 5.34. The van der Waals surface area contributed by atoms with Crippen LogP contribution in [0.25, 0.3) is 11.0 Å². The van der Waals surface area contributed by atoms with Crippen LogP contribution in [0.1, 0.15) is 30.4 Å². The van der Waals surface area contributed by atoms with Crippen molar-refractivity contribution in [2.75, 3.05) is 19.6 Å². The summed E-state index contributed by atoms with van der Waals surface area (Å²) in [7, 11) is 0. The van der Waals surface area contributed by atoms with Crippen LogP contribution in [0.5, 0.6) is 0 Å². The first-order chi connectivity index (χ1) is 10.7. The van der Waals surface area contributed by atoms with E-state index in [-0.39, 0.29) is 18.0 Å². The average Bonchev–Trinajstić information content (AvgIpc) is 2.47. The number of piperidine rings is 1. The number of aryl methyl sites for hydroxylation is 1. The summed E-state index contributed by atoms with van der Waals surface area (Å²) in [5.41, 5.74) is 8.30. The molecule has 1 fully saturated rings. The molecule has 2 aromatic rings. The Balaban J connectivity index is 0.00000192. The summed E-state index contributed by atoms with van der Waals surface area (Å²) in [5.74, 6) is 0.687. The summed E-state index contributed by atoms with van der Waals surface area (Å²) in [6.45, 7) is 5.75. The fourth-order valence-corrected chi connectivity index (χ4v) is 3.48. The molecule has 3 rings (SSSR count). The fourth-order valence-electron chi connectivity index (χ4n) is 3.48. The van der Waals surface area contributed by atoms with E-state index in [1.54, 1.807) is 6.07 Å². The summed E-state index contributed by atoms with van der Waals surface area (Å²) >= 11 is 0. The molecule has 1 atom stereocenters. The molecule has 1 aromatic carbocycles. The van der Waals surface area contributed by atoms with Gasteiger partial charge in [-0.05, 0) is 62.4 Å². The molecule has 1 aromatic heterocycles. The zero-order valence-electron chi connectivity index (χ0n) is 13.6. The van der Waals surface area contributed by atoms with Crippen LogP contribution in [0, 0.1) is 12.8 Å². The molecule has 2 N–H and O–H groups in total. The highest BCUT2D eigenvalue weighted by molar-refractivity contribution is 5.85. The standard InChI is InChI=1S/C18H24N2O2.ClH/c1-13-4-5-16-15(10-18(21)22-17(16)9-13)12-20-8-2-3-14(11-20)6-7-19;/h4-5,9-10,14H,2-3,6-8,11-12,19H2,1H3;1H. The topological polar surface area (TPSA) is 59.5 Å². The van der Waals surface area contributed by atoms with E-state index >= 15 is 0 Å². The predicted molar refractivity (Wildman–Crippen MR) is 96.1 cm³/mol. The number of rotatable bonds is 4. The van der Waals surface area contributed by atoms with E-state index in [0.717, 1.165) is 49.1 Å². The lowest BCUT2D eigenvalue weighted by atomic mass is 9.94. The van der Waals surface area contributed by atoms with Crippen LogP contribution in [0.15, 0.2) is 33.5 Å². The first-order valence-corrected chi connectivity index (χ1v) is 8.11. The zero-order valence-corrected chi connectivity index (χ0v) is 14.4. The predicted octanol–water partition coefficient (Wildman–Crippen LogP) is 3.08. The van der Waals surface area contributed by atoms with Crippen molar-refractivity contribution in [1.29, 1.82) is 0 Å². The van der Waals surface area contributed by atoms with E-state index < -0.39 is 0 Å². The molecule has 4 nitrogen and oxygen atoms in total. The van der Waals surface area contributed by atoms with Crippen molar-refractivity contribution in [3.05, 3.63) is 45.8 Å². The van der Waals surface area contributed by atoms with Gasteiger partial charge in [0.05, 0.1) is 0 Å². The van der Waals surface area contributed by atoms with Gasteiger partial charge < -0.3 is 10.2 Å². The molecular weight excluding hydrogens is 312 g/mol. The normalized spacial score (nSPS) is 18.8. The van der Waals surface area contributed by atoms with Crippen molar-refractivity contribution in [2.24, 2.45) is 11.7 Å². The molecule has 0 radical (unpaired) electrons. The molecule has 1 aliphatic heterocycles. The minimum absolute atomic E-state index is 0. The highest BCUT2D eigenvalue weighted by Crippen LogP contribution is 2.24. The number of halogens is 1. The number of hydrogen-bond donors (Lipinski definition) is 1. The van der Waals surface area contributed by atoms with Crippen LogP contribution in [-0.4, -0.2) is 24.5 Å². The Bertz CT molecular complexity index is 712. The largest absolute Gasteiger partial charge is 0.423 e. The first-order valence-electron chi connectivity index (χ1n) is 8.11. The van der Waals surface area contributed by atoms with Crippen LogP contribution < -0.4 is 11.4 Å². The van der Waals surface area contributed by atoms with E-state index in [0.29, 0.717) is 11.5 Å². The lowest BCUT2D eigenvalue weighted by Gasteiger charge is -2.32. The molecule has 126 valence electrons. The molecule has 2 heterocycles. The Morgan fingerprint density at radius 1 is 1.35 bits per heavy atom. The second kappa shape index (κ2) is 7.95. The van der Waals surface area contributed by atoms with Crippen LogP contribution in [0.4, 0.5) is 0 Å². The Labute approximate surface area is 143 Å². The summed E-state index contributed by atoms with van der Waals surface area (Å²) in [6, 6.07) is 7.71. The zero-order chi connectivity index (χ0) is 15.5. The highest BCUT2D eigenvalue weighted by atomic mass is 35.5. The third kappa shape index (κ3) is 4.34. The van der Waals surface area contributed by atoms with Crippen LogP contribution in [0.3, 0.4) is 0 Å². The highest BCUT2D eigenvalue weighted by Gasteiger charge is 2.20. The van der Waals surface area contributed by atoms with Crippen molar-refractivity contribution >= 4 is 23.4 Å². The van der Waals surface area contributed by atoms with Crippen molar-refractivity contribution in [1.82, 2.24) is 4.90 Å². The Morgan fingerprint density at radius 2 is 2.17 bits per heavy atom. The number of nitrogens with zero attached hydrogens (tertiary/aromatic N) is 1. The van der Waals surface area contributed by atoms with Gasteiger partial charge >= 0.3 is 5.63 Å². The molecule has 0 amide bonds. The smallest absolute Gasteiger partial charge is 0.336 e. The van der Waals surface area contributed by atoms with E-state index in [4.69, 9.17) is 10.2 Å². The number of hydrogen-bond acceptors (Lipinski definition) is 4. The molecule has 0 aliphatic carbocycles. The Kier molecular flexibility index (Phi) is 6.22. The SMILES string of the molecule is Cc1ccc2c(CN3CCCC(CCN)C3)cc(=O)oc2c1.Cl. The Hall–Kier alpha value is -1.36. The quantitative estimate of drug-likeness (QED) is 0.872. The molecule has 1 unspecified atom stereocenters. The average molecular weight is 337 g/mol. The second-order valence-corrected chi connectivity index (χ2v) is 6.41. The van der Waals surface area contributed by atoms with Gasteiger partial charge in [-0.25, -0.2) is 4.79 Å². The fraction of sp³-hybridized carbons (Fsp3) is 0.500. The van der Waals surface area contributed by atoms with Gasteiger partial charge in [-0.1, -0.05) is 12.1 Å². The van der Waals surface area contributed by atoms with E-state index in [2.05, 4.69) is 17.0 Å². The maximum Gasteiger partial charge on any atom is 0.336 e. The molecular formula is C18H25ClN2O2. The first kappa shape index (κ1) is 18.0.